The van der Waals surface area contributed by atoms with E-state index in [1.165, 1.54) is 11.1 Å². The predicted molar refractivity (Wildman–Crippen MR) is 70.6 cm³/mol. The van der Waals surface area contributed by atoms with Crippen molar-refractivity contribution in [1.29, 1.82) is 0 Å². The second-order valence-corrected chi connectivity index (χ2v) is 5.15. The molecule has 0 fully saturated rings. The molecule has 2 rings (SSSR count). The fourth-order valence-corrected chi connectivity index (χ4v) is 2.43. The van der Waals surface area contributed by atoms with Crippen molar-refractivity contribution < 1.29 is 14.6 Å². The van der Waals surface area contributed by atoms with Crippen LogP contribution in [0, 0.1) is 0 Å². The fourth-order valence-electron chi connectivity index (χ4n) is 2.43. The Balaban J connectivity index is 2.06. The van der Waals surface area contributed by atoms with Gasteiger partial charge < -0.3 is 14.6 Å². The molecule has 0 saturated heterocycles. The summed E-state index contributed by atoms with van der Waals surface area (Å²) in [4.78, 5) is 0. The van der Waals surface area contributed by atoms with Crippen molar-refractivity contribution >= 4 is 0 Å². The van der Waals surface area contributed by atoms with Gasteiger partial charge in [0.1, 0.15) is 0 Å². The molecule has 1 aliphatic heterocycles. The first kappa shape index (κ1) is 13.5. The van der Waals surface area contributed by atoms with E-state index in [0.29, 0.717) is 19.6 Å². The van der Waals surface area contributed by atoms with Crippen LogP contribution < -0.4 is 0 Å². The second-order valence-electron chi connectivity index (χ2n) is 5.15. The third-order valence-corrected chi connectivity index (χ3v) is 3.33. The normalized spacial score (nSPS) is 22.3. The van der Waals surface area contributed by atoms with E-state index < -0.39 is 5.60 Å². The van der Waals surface area contributed by atoms with Crippen LogP contribution in [0.2, 0.25) is 0 Å². The SMILES string of the molecule is CCOCC(C)(O)CC1OCCc2ccccc21. The van der Waals surface area contributed by atoms with E-state index in [0.717, 1.165) is 13.0 Å². The molecule has 0 amide bonds. The molecule has 100 valence electrons. The molecule has 18 heavy (non-hydrogen) atoms. The van der Waals surface area contributed by atoms with Crippen LogP contribution in [0.4, 0.5) is 0 Å². The van der Waals surface area contributed by atoms with Crippen molar-refractivity contribution in [2.24, 2.45) is 0 Å². The quantitative estimate of drug-likeness (QED) is 0.872. The molecule has 1 aromatic rings. The maximum atomic E-state index is 10.3. The topological polar surface area (TPSA) is 38.7 Å². The van der Waals surface area contributed by atoms with Crippen molar-refractivity contribution in [2.75, 3.05) is 19.8 Å². The molecule has 0 saturated carbocycles. The number of ether oxygens (including phenoxy) is 2. The van der Waals surface area contributed by atoms with Gasteiger partial charge in [0.05, 0.1) is 24.9 Å². The molecular weight excluding hydrogens is 228 g/mol. The summed E-state index contributed by atoms with van der Waals surface area (Å²) in [5, 5.41) is 10.3. The standard InChI is InChI=1S/C15H22O3/c1-3-17-11-15(2,16)10-14-13-7-5-4-6-12(13)8-9-18-14/h4-7,14,16H,3,8-11H2,1-2H3. The van der Waals surface area contributed by atoms with Gasteiger partial charge in [0, 0.05) is 13.0 Å². The molecule has 0 aliphatic carbocycles. The highest BCUT2D eigenvalue weighted by Gasteiger charge is 2.30. The Morgan fingerprint density at radius 3 is 3.00 bits per heavy atom. The highest BCUT2D eigenvalue weighted by atomic mass is 16.5. The van der Waals surface area contributed by atoms with Gasteiger partial charge >= 0.3 is 0 Å². The van der Waals surface area contributed by atoms with E-state index in [9.17, 15) is 5.11 Å². The van der Waals surface area contributed by atoms with Crippen molar-refractivity contribution in [1.82, 2.24) is 0 Å². The van der Waals surface area contributed by atoms with Crippen LogP contribution in [0.5, 0.6) is 0 Å². The van der Waals surface area contributed by atoms with E-state index in [-0.39, 0.29) is 6.10 Å². The highest BCUT2D eigenvalue weighted by Crippen LogP contribution is 2.33. The molecule has 1 aromatic carbocycles. The molecule has 1 aliphatic rings. The van der Waals surface area contributed by atoms with Crippen LogP contribution >= 0.6 is 0 Å². The highest BCUT2D eigenvalue weighted by molar-refractivity contribution is 5.31. The average Bonchev–Trinajstić information content (AvgIpc) is 2.37. The summed E-state index contributed by atoms with van der Waals surface area (Å²) in [6.45, 7) is 5.45. The van der Waals surface area contributed by atoms with Gasteiger partial charge in [-0.1, -0.05) is 24.3 Å². The number of rotatable bonds is 5. The Bertz CT molecular complexity index is 387. The maximum Gasteiger partial charge on any atom is 0.0880 e. The van der Waals surface area contributed by atoms with Gasteiger partial charge in [-0.2, -0.15) is 0 Å². The van der Waals surface area contributed by atoms with Crippen LogP contribution in [-0.2, 0) is 15.9 Å². The Labute approximate surface area is 109 Å². The van der Waals surface area contributed by atoms with Crippen molar-refractivity contribution in [3.63, 3.8) is 0 Å². The molecule has 0 bridgehead atoms. The third kappa shape index (κ3) is 3.31. The lowest BCUT2D eigenvalue weighted by atomic mass is 9.90. The fraction of sp³-hybridized carbons (Fsp3) is 0.600. The summed E-state index contributed by atoms with van der Waals surface area (Å²) >= 11 is 0. The molecule has 0 spiro atoms. The number of hydrogen-bond donors (Lipinski definition) is 1. The van der Waals surface area contributed by atoms with E-state index in [1.807, 2.05) is 19.9 Å². The van der Waals surface area contributed by atoms with Gasteiger partial charge in [-0.05, 0) is 31.4 Å². The summed E-state index contributed by atoms with van der Waals surface area (Å²) in [7, 11) is 0. The Hall–Kier alpha value is -0.900. The molecule has 3 nitrogen and oxygen atoms in total. The third-order valence-electron chi connectivity index (χ3n) is 3.33. The first-order valence-electron chi connectivity index (χ1n) is 6.62. The second kappa shape index (κ2) is 5.83. The first-order chi connectivity index (χ1) is 8.62. The van der Waals surface area contributed by atoms with Gasteiger partial charge in [-0.25, -0.2) is 0 Å². The summed E-state index contributed by atoms with van der Waals surface area (Å²) in [5.74, 6) is 0. The Kier molecular flexibility index (Phi) is 4.38. The maximum absolute atomic E-state index is 10.3. The van der Waals surface area contributed by atoms with Crippen LogP contribution in [0.1, 0.15) is 37.5 Å². The van der Waals surface area contributed by atoms with Crippen molar-refractivity contribution in [3.8, 4) is 0 Å². The minimum atomic E-state index is -0.842. The number of aliphatic hydroxyl groups is 1. The molecule has 2 unspecified atom stereocenters. The molecule has 0 aromatic heterocycles. The molecular formula is C15H22O3. The predicted octanol–water partition coefficient (Wildman–Crippen LogP) is 2.48. The number of benzene rings is 1. The van der Waals surface area contributed by atoms with Crippen LogP contribution in [0.15, 0.2) is 24.3 Å². The van der Waals surface area contributed by atoms with Crippen LogP contribution in [-0.4, -0.2) is 30.5 Å². The average molecular weight is 250 g/mol. The van der Waals surface area contributed by atoms with E-state index in [1.54, 1.807) is 0 Å². The van der Waals surface area contributed by atoms with Crippen LogP contribution in [0.3, 0.4) is 0 Å². The molecule has 0 radical (unpaired) electrons. The minimum Gasteiger partial charge on any atom is -0.388 e. The zero-order valence-corrected chi connectivity index (χ0v) is 11.2. The number of fused-ring (bicyclic) bond motifs is 1. The van der Waals surface area contributed by atoms with Gasteiger partial charge in [-0.3, -0.25) is 0 Å². The van der Waals surface area contributed by atoms with Gasteiger partial charge in [0.15, 0.2) is 0 Å². The Morgan fingerprint density at radius 2 is 2.22 bits per heavy atom. The summed E-state index contributed by atoms with van der Waals surface area (Å²) in [5.41, 5.74) is 1.70. The van der Waals surface area contributed by atoms with Crippen LogP contribution in [0.25, 0.3) is 0 Å². The van der Waals surface area contributed by atoms with Crippen molar-refractivity contribution in [3.05, 3.63) is 35.4 Å². The van der Waals surface area contributed by atoms with Gasteiger partial charge in [0.2, 0.25) is 0 Å². The summed E-state index contributed by atoms with van der Waals surface area (Å²) in [6.07, 6.45) is 1.51. The van der Waals surface area contributed by atoms with E-state index in [2.05, 4.69) is 18.2 Å². The molecule has 1 N–H and O–H groups in total. The lowest BCUT2D eigenvalue weighted by Crippen LogP contribution is -2.34. The first-order valence-corrected chi connectivity index (χ1v) is 6.62. The molecule has 3 heteroatoms. The smallest absolute Gasteiger partial charge is 0.0880 e. The van der Waals surface area contributed by atoms with Gasteiger partial charge in [0.25, 0.3) is 0 Å². The van der Waals surface area contributed by atoms with Crippen molar-refractivity contribution in [2.45, 2.75) is 38.4 Å². The number of hydrogen-bond acceptors (Lipinski definition) is 3. The van der Waals surface area contributed by atoms with Gasteiger partial charge in [-0.15, -0.1) is 0 Å². The van der Waals surface area contributed by atoms with E-state index in [4.69, 9.17) is 9.47 Å². The summed E-state index contributed by atoms with van der Waals surface area (Å²) in [6, 6.07) is 8.31. The molecule has 1 heterocycles. The minimum absolute atomic E-state index is 0.0228. The lowest BCUT2D eigenvalue weighted by Gasteiger charge is -2.32. The lowest BCUT2D eigenvalue weighted by molar-refractivity contribution is -0.0771. The summed E-state index contributed by atoms with van der Waals surface area (Å²) < 4.78 is 11.1. The molecule has 2 atom stereocenters. The monoisotopic (exact) mass is 250 g/mol. The van der Waals surface area contributed by atoms with E-state index >= 15 is 0 Å². The Morgan fingerprint density at radius 1 is 1.44 bits per heavy atom. The largest absolute Gasteiger partial charge is 0.388 e. The zero-order valence-electron chi connectivity index (χ0n) is 11.2. The zero-order chi connectivity index (χ0) is 13.0.